The topological polar surface area (TPSA) is 67.8 Å². The molecule has 1 saturated heterocycles. The van der Waals surface area contributed by atoms with Crippen LogP contribution in [0.15, 0.2) is 23.3 Å². The van der Waals surface area contributed by atoms with E-state index in [9.17, 15) is 9.90 Å². The molecule has 2 bridgehead atoms. The summed E-state index contributed by atoms with van der Waals surface area (Å²) in [5, 5.41) is 15.9. The number of ether oxygens (including phenoxy) is 2. The third kappa shape index (κ3) is 2.18. The Balaban J connectivity index is 1.77. The number of carbonyl (C=O) groups excluding carboxylic acids is 1. The van der Waals surface area contributed by atoms with Gasteiger partial charge in [0, 0.05) is 5.92 Å². The summed E-state index contributed by atoms with van der Waals surface area (Å²) < 4.78 is 12.4. The van der Waals surface area contributed by atoms with Crippen molar-refractivity contribution in [2.45, 2.75) is 71.5 Å². The van der Waals surface area contributed by atoms with E-state index in [1.165, 1.54) is 0 Å². The number of rotatable bonds is 1. The number of ketones is 1. The fraction of sp³-hybridized carbons (Fsp3) is 0.792. The summed E-state index contributed by atoms with van der Waals surface area (Å²) in [4.78, 5) is 14.3. The zero-order valence-electron chi connectivity index (χ0n) is 18.7. The quantitative estimate of drug-likeness (QED) is 0.662. The molecule has 8 atom stereocenters. The lowest BCUT2D eigenvalue weighted by Gasteiger charge is -2.53. The molecule has 0 aromatic rings. The van der Waals surface area contributed by atoms with E-state index in [4.69, 9.17) is 9.47 Å². The van der Waals surface area contributed by atoms with Gasteiger partial charge < -0.3 is 19.9 Å². The summed E-state index contributed by atoms with van der Waals surface area (Å²) in [5.41, 5.74) is -0.218. The van der Waals surface area contributed by atoms with Crippen LogP contribution in [0.25, 0.3) is 0 Å². The van der Waals surface area contributed by atoms with Crippen LogP contribution in [0.1, 0.15) is 48.0 Å². The molecule has 5 heteroatoms. The van der Waals surface area contributed by atoms with Crippen LogP contribution in [0.4, 0.5) is 0 Å². The van der Waals surface area contributed by atoms with Gasteiger partial charge in [-0.15, -0.1) is 0 Å². The molecule has 3 fully saturated rings. The van der Waals surface area contributed by atoms with Gasteiger partial charge in [0.1, 0.15) is 11.7 Å². The van der Waals surface area contributed by atoms with E-state index >= 15 is 0 Å². The predicted octanol–water partition coefficient (Wildman–Crippen LogP) is 2.84. The highest BCUT2D eigenvalue weighted by molar-refractivity contribution is 5.95. The van der Waals surface area contributed by atoms with Crippen molar-refractivity contribution < 1.29 is 19.4 Å². The van der Waals surface area contributed by atoms with Gasteiger partial charge >= 0.3 is 0 Å². The smallest absolute Gasteiger partial charge is 0.164 e. The lowest BCUT2D eigenvalue weighted by atomic mass is 9.58. The SMILES string of the molecule is CN[C@H]1C(C)=C[C@]23C(=O)[C@@H](C=C4COC(C)(C)O[C@H]4[C@]12O)[C@H]1[C@@H](C[C@H]3C)C1(C)C. The molecule has 0 radical (unpaired) electrons. The van der Waals surface area contributed by atoms with Crippen molar-refractivity contribution in [3.63, 3.8) is 0 Å². The third-order valence-electron chi connectivity index (χ3n) is 9.04. The van der Waals surface area contributed by atoms with E-state index < -0.39 is 22.9 Å². The van der Waals surface area contributed by atoms with E-state index in [0.717, 1.165) is 17.6 Å². The highest BCUT2D eigenvalue weighted by atomic mass is 16.7. The number of hydrogen-bond donors (Lipinski definition) is 2. The van der Waals surface area contributed by atoms with Crippen molar-refractivity contribution in [3.8, 4) is 0 Å². The molecule has 5 nitrogen and oxygen atoms in total. The second-order valence-electron chi connectivity index (χ2n) is 11.2. The van der Waals surface area contributed by atoms with Gasteiger partial charge in [0.2, 0.25) is 0 Å². The van der Waals surface area contributed by atoms with E-state index in [1.54, 1.807) is 0 Å². The summed E-state index contributed by atoms with van der Waals surface area (Å²) in [6.07, 6.45) is 4.58. The van der Waals surface area contributed by atoms with Gasteiger partial charge in [-0.3, -0.25) is 4.79 Å². The molecule has 0 unspecified atom stereocenters. The minimum absolute atomic E-state index is 0.0369. The molecule has 2 saturated carbocycles. The zero-order valence-corrected chi connectivity index (χ0v) is 18.7. The second-order valence-corrected chi connectivity index (χ2v) is 11.2. The fourth-order valence-corrected chi connectivity index (χ4v) is 7.61. The Bertz CT molecular complexity index is 842. The first-order valence-electron chi connectivity index (χ1n) is 11.1. The van der Waals surface area contributed by atoms with E-state index in [-0.39, 0.29) is 29.1 Å². The number of nitrogens with one attached hydrogen (secondary N) is 1. The van der Waals surface area contributed by atoms with Crippen LogP contribution in [0.2, 0.25) is 0 Å². The first-order valence-corrected chi connectivity index (χ1v) is 11.1. The number of allylic oxidation sites excluding steroid dienone is 1. The van der Waals surface area contributed by atoms with Crippen LogP contribution in [0.3, 0.4) is 0 Å². The minimum atomic E-state index is -1.37. The largest absolute Gasteiger partial charge is 0.383 e. The van der Waals surface area contributed by atoms with Crippen molar-refractivity contribution in [1.82, 2.24) is 5.32 Å². The maximum absolute atomic E-state index is 14.3. The molecule has 0 aromatic heterocycles. The average molecular weight is 402 g/mol. The highest BCUT2D eigenvalue weighted by Crippen LogP contribution is 2.72. The Morgan fingerprint density at radius 1 is 1.24 bits per heavy atom. The summed E-state index contributed by atoms with van der Waals surface area (Å²) in [6, 6.07) is -0.336. The average Bonchev–Trinajstić information content (AvgIpc) is 3.10. The van der Waals surface area contributed by atoms with Crippen molar-refractivity contribution in [2.24, 2.45) is 34.5 Å². The number of hydrogen-bond acceptors (Lipinski definition) is 5. The standard InChI is InChI=1S/C24H35NO4/c1-12-10-23-13(2)8-16-17(21(16,3)4)15(19(23)26)9-14-11-28-22(5,6)29-20(14)24(23,27)18(12)25-7/h9-10,13,15-18,20,25,27H,8,11H2,1-7H3/t13-,15+,16-,17+,18+,20-,23+,24-/m1/s1. The van der Waals surface area contributed by atoms with Gasteiger partial charge in [-0.05, 0) is 63.0 Å². The van der Waals surface area contributed by atoms with Crippen LogP contribution in [0, 0.1) is 34.5 Å². The van der Waals surface area contributed by atoms with Crippen molar-refractivity contribution in [2.75, 3.05) is 13.7 Å². The van der Waals surface area contributed by atoms with Crippen LogP contribution in [0.5, 0.6) is 0 Å². The number of carbonyl (C=O) groups is 1. The number of likely N-dealkylation sites (N-methyl/N-ethyl adjacent to an activating group) is 1. The first kappa shape index (κ1) is 19.9. The summed E-state index contributed by atoms with van der Waals surface area (Å²) >= 11 is 0. The Labute approximate surface area is 173 Å². The molecule has 5 rings (SSSR count). The van der Waals surface area contributed by atoms with Gasteiger partial charge in [0.15, 0.2) is 11.6 Å². The van der Waals surface area contributed by atoms with E-state index in [0.29, 0.717) is 18.4 Å². The molecular formula is C24H35NO4. The second kappa shape index (κ2) is 5.61. The van der Waals surface area contributed by atoms with Gasteiger partial charge in [-0.2, -0.15) is 0 Å². The van der Waals surface area contributed by atoms with Gasteiger partial charge in [-0.1, -0.05) is 38.5 Å². The summed E-state index contributed by atoms with van der Waals surface area (Å²) in [6.45, 7) is 12.9. The predicted molar refractivity (Wildman–Crippen MR) is 110 cm³/mol. The van der Waals surface area contributed by atoms with Crippen LogP contribution in [-0.2, 0) is 14.3 Å². The lowest BCUT2D eigenvalue weighted by molar-refractivity contribution is -0.295. The van der Waals surface area contributed by atoms with Gasteiger partial charge in [-0.25, -0.2) is 0 Å². The summed E-state index contributed by atoms with van der Waals surface area (Å²) in [7, 11) is 1.86. The Morgan fingerprint density at radius 3 is 2.59 bits per heavy atom. The molecule has 0 aromatic carbocycles. The molecule has 1 heterocycles. The Kier molecular flexibility index (Phi) is 3.86. The molecule has 2 N–H and O–H groups in total. The number of aliphatic hydroxyl groups is 1. The van der Waals surface area contributed by atoms with Crippen LogP contribution < -0.4 is 5.32 Å². The molecule has 4 aliphatic carbocycles. The molecule has 5 aliphatic rings. The lowest BCUT2D eigenvalue weighted by Crippen LogP contribution is -2.69. The molecule has 1 spiro atoms. The zero-order chi connectivity index (χ0) is 21.1. The van der Waals surface area contributed by atoms with Crippen LogP contribution >= 0.6 is 0 Å². The summed E-state index contributed by atoms with van der Waals surface area (Å²) in [5.74, 6) is 0.0355. The van der Waals surface area contributed by atoms with E-state index in [2.05, 4.69) is 38.2 Å². The maximum atomic E-state index is 14.3. The third-order valence-corrected chi connectivity index (χ3v) is 9.04. The van der Waals surface area contributed by atoms with Gasteiger partial charge in [0.25, 0.3) is 0 Å². The van der Waals surface area contributed by atoms with Crippen LogP contribution in [-0.4, -0.2) is 48.1 Å². The Hall–Kier alpha value is -1.01. The normalized spacial score (nSPS) is 51.7. The number of fused-ring (bicyclic) bond motifs is 5. The minimum Gasteiger partial charge on any atom is -0.383 e. The fourth-order valence-electron chi connectivity index (χ4n) is 7.61. The van der Waals surface area contributed by atoms with Gasteiger partial charge in [0.05, 0.1) is 18.1 Å². The molecule has 0 amide bonds. The monoisotopic (exact) mass is 401 g/mol. The highest BCUT2D eigenvalue weighted by Gasteiger charge is 2.76. The van der Waals surface area contributed by atoms with E-state index in [1.807, 2.05) is 27.8 Å². The molecular weight excluding hydrogens is 366 g/mol. The number of Topliss-reactive ketones (excluding diaryl/α,β-unsaturated/α-hetero) is 1. The van der Waals surface area contributed by atoms with Crippen molar-refractivity contribution in [1.29, 1.82) is 0 Å². The first-order chi connectivity index (χ1) is 13.4. The molecule has 29 heavy (non-hydrogen) atoms. The molecule has 1 aliphatic heterocycles. The van der Waals surface area contributed by atoms with Crippen molar-refractivity contribution in [3.05, 3.63) is 23.3 Å². The maximum Gasteiger partial charge on any atom is 0.164 e. The van der Waals surface area contributed by atoms with Crippen molar-refractivity contribution >= 4 is 5.78 Å². The molecule has 160 valence electrons. The Morgan fingerprint density at radius 2 is 1.93 bits per heavy atom.